The highest BCUT2D eigenvalue weighted by atomic mass is 79.9. The first kappa shape index (κ1) is 13.0. The van der Waals surface area contributed by atoms with Gasteiger partial charge in [0.2, 0.25) is 5.88 Å². The molecule has 0 saturated heterocycles. The molecule has 0 bridgehead atoms. The lowest BCUT2D eigenvalue weighted by atomic mass is 10.1. The molecular weight excluding hydrogens is 292 g/mol. The third kappa shape index (κ3) is 3.53. The molecule has 1 aromatic carbocycles. The molecule has 2 rings (SSSR count). The second kappa shape index (κ2) is 5.96. The van der Waals surface area contributed by atoms with Crippen LogP contribution in [-0.2, 0) is 6.42 Å². The molecule has 0 amide bonds. The van der Waals surface area contributed by atoms with E-state index < -0.39 is 0 Å². The SMILES string of the molecule is CCCc1ccc(Oc2cc(Br)nc(C)n2)cc1. The molecule has 0 radical (unpaired) electrons. The van der Waals surface area contributed by atoms with Crippen LogP contribution in [0.1, 0.15) is 24.7 Å². The van der Waals surface area contributed by atoms with Gasteiger partial charge in [0.25, 0.3) is 0 Å². The predicted octanol–water partition coefficient (Wildman–Crippen LogP) is 4.29. The minimum atomic E-state index is 0.553. The van der Waals surface area contributed by atoms with Crippen LogP contribution in [0.25, 0.3) is 0 Å². The van der Waals surface area contributed by atoms with Crippen LogP contribution in [0.5, 0.6) is 11.6 Å². The van der Waals surface area contributed by atoms with Crippen LogP contribution in [-0.4, -0.2) is 9.97 Å². The maximum Gasteiger partial charge on any atom is 0.223 e. The van der Waals surface area contributed by atoms with Gasteiger partial charge in [0, 0.05) is 6.07 Å². The number of hydrogen-bond donors (Lipinski definition) is 0. The molecule has 1 heterocycles. The van der Waals surface area contributed by atoms with E-state index in [1.807, 2.05) is 19.1 Å². The summed E-state index contributed by atoms with van der Waals surface area (Å²) in [7, 11) is 0. The standard InChI is InChI=1S/C14H15BrN2O/c1-3-4-11-5-7-12(8-6-11)18-14-9-13(15)16-10(2)17-14/h5-9H,3-4H2,1-2H3. The monoisotopic (exact) mass is 306 g/mol. The number of hydrogen-bond acceptors (Lipinski definition) is 3. The number of rotatable bonds is 4. The smallest absolute Gasteiger partial charge is 0.223 e. The van der Waals surface area contributed by atoms with Crippen molar-refractivity contribution in [1.29, 1.82) is 0 Å². The van der Waals surface area contributed by atoms with Crippen molar-refractivity contribution in [2.45, 2.75) is 26.7 Å². The van der Waals surface area contributed by atoms with E-state index in [4.69, 9.17) is 4.74 Å². The van der Waals surface area contributed by atoms with Crippen LogP contribution < -0.4 is 4.74 Å². The van der Waals surface area contributed by atoms with Gasteiger partial charge in [-0.2, -0.15) is 4.98 Å². The van der Waals surface area contributed by atoms with Gasteiger partial charge in [-0.1, -0.05) is 25.5 Å². The van der Waals surface area contributed by atoms with Crippen LogP contribution in [0.15, 0.2) is 34.9 Å². The van der Waals surface area contributed by atoms with Crippen molar-refractivity contribution in [3.05, 3.63) is 46.3 Å². The van der Waals surface area contributed by atoms with Crippen molar-refractivity contribution < 1.29 is 4.74 Å². The Morgan fingerprint density at radius 1 is 1.17 bits per heavy atom. The first-order chi connectivity index (χ1) is 8.67. The lowest BCUT2D eigenvalue weighted by molar-refractivity contribution is 0.459. The van der Waals surface area contributed by atoms with Crippen molar-refractivity contribution in [2.75, 3.05) is 0 Å². The van der Waals surface area contributed by atoms with Gasteiger partial charge >= 0.3 is 0 Å². The third-order valence-electron chi connectivity index (χ3n) is 2.47. The zero-order valence-electron chi connectivity index (χ0n) is 10.5. The van der Waals surface area contributed by atoms with Crippen molar-refractivity contribution in [1.82, 2.24) is 9.97 Å². The fraction of sp³-hybridized carbons (Fsp3) is 0.286. The lowest BCUT2D eigenvalue weighted by Gasteiger charge is -2.06. The van der Waals surface area contributed by atoms with Crippen LogP contribution in [0, 0.1) is 6.92 Å². The fourth-order valence-corrected chi connectivity index (χ4v) is 2.14. The fourth-order valence-electron chi connectivity index (χ4n) is 1.69. The summed E-state index contributed by atoms with van der Waals surface area (Å²) in [5.74, 6) is 2.03. The maximum absolute atomic E-state index is 5.69. The zero-order valence-corrected chi connectivity index (χ0v) is 12.1. The first-order valence-corrected chi connectivity index (χ1v) is 6.74. The summed E-state index contributed by atoms with van der Waals surface area (Å²) >= 11 is 3.33. The second-order valence-electron chi connectivity index (χ2n) is 4.07. The van der Waals surface area contributed by atoms with Gasteiger partial charge in [0.15, 0.2) is 0 Å². The lowest BCUT2D eigenvalue weighted by Crippen LogP contribution is -1.93. The summed E-state index contributed by atoms with van der Waals surface area (Å²) < 4.78 is 6.42. The van der Waals surface area contributed by atoms with E-state index in [0.29, 0.717) is 11.7 Å². The summed E-state index contributed by atoms with van der Waals surface area (Å²) in [4.78, 5) is 8.36. The van der Waals surface area contributed by atoms with Gasteiger partial charge in [-0.25, -0.2) is 4.98 Å². The Kier molecular flexibility index (Phi) is 4.31. The van der Waals surface area contributed by atoms with Crippen LogP contribution in [0.2, 0.25) is 0 Å². The number of aromatic nitrogens is 2. The molecule has 3 nitrogen and oxygen atoms in total. The Labute approximate surface area is 115 Å². The number of benzene rings is 1. The van der Waals surface area contributed by atoms with Crippen molar-refractivity contribution in [3.8, 4) is 11.6 Å². The minimum Gasteiger partial charge on any atom is -0.439 e. The molecule has 0 saturated carbocycles. The maximum atomic E-state index is 5.69. The van der Waals surface area contributed by atoms with Gasteiger partial charge in [0.1, 0.15) is 16.2 Å². The normalized spacial score (nSPS) is 10.4. The van der Waals surface area contributed by atoms with Gasteiger partial charge in [-0.15, -0.1) is 0 Å². The zero-order chi connectivity index (χ0) is 13.0. The molecular formula is C14H15BrN2O. The molecule has 0 spiro atoms. The number of halogens is 1. The van der Waals surface area contributed by atoms with E-state index in [0.717, 1.165) is 23.2 Å². The van der Waals surface area contributed by atoms with Crippen molar-refractivity contribution in [3.63, 3.8) is 0 Å². The molecule has 0 atom stereocenters. The Bertz CT molecular complexity index is 506. The van der Waals surface area contributed by atoms with E-state index >= 15 is 0 Å². The van der Waals surface area contributed by atoms with Crippen LogP contribution in [0.4, 0.5) is 0 Å². The number of ether oxygens (including phenoxy) is 1. The summed E-state index contributed by atoms with van der Waals surface area (Å²) in [6.07, 6.45) is 2.25. The average molecular weight is 307 g/mol. The van der Waals surface area contributed by atoms with Crippen molar-refractivity contribution >= 4 is 15.9 Å². The molecule has 18 heavy (non-hydrogen) atoms. The third-order valence-corrected chi connectivity index (χ3v) is 2.87. The molecule has 0 aliphatic carbocycles. The van der Waals surface area contributed by atoms with E-state index in [9.17, 15) is 0 Å². The molecule has 0 unspecified atom stereocenters. The van der Waals surface area contributed by atoms with E-state index in [1.54, 1.807) is 6.07 Å². The van der Waals surface area contributed by atoms with Crippen LogP contribution in [0.3, 0.4) is 0 Å². The molecule has 0 aliphatic heterocycles. The van der Waals surface area contributed by atoms with Gasteiger partial charge in [0.05, 0.1) is 0 Å². The molecule has 0 fully saturated rings. The predicted molar refractivity (Wildman–Crippen MR) is 75.0 cm³/mol. The first-order valence-electron chi connectivity index (χ1n) is 5.95. The van der Waals surface area contributed by atoms with E-state index in [2.05, 4.69) is 45.0 Å². The highest BCUT2D eigenvalue weighted by Crippen LogP contribution is 2.22. The quantitative estimate of drug-likeness (QED) is 0.790. The van der Waals surface area contributed by atoms with Crippen LogP contribution >= 0.6 is 15.9 Å². The molecule has 0 aliphatic rings. The molecule has 1 aromatic heterocycles. The van der Waals surface area contributed by atoms with E-state index in [1.165, 1.54) is 5.56 Å². The number of nitrogens with zero attached hydrogens (tertiary/aromatic N) is 2. The van der Waals surface area contributed by atoms with Gasteiger partial charge in [-0.05, 0) is 47.0 Å². The van der Waals surface area contributed by atoms with Gasteiger partial charge < -0.3 is 4.74 Å². The Morgan fingerprint density at radius 2 is 1.89 bits per heavy atom. The van der Waals surface area contributed by atoms with Crippen molar-refractivity contribution in [2.24, 2.45) is 0 Å². The van der Waals surface area contributed by atoms with Gasteiger partial charge in [-0.3, -0.25) is 0 Å². The molecule has 94 valence electrons. The Morgan fingerprint density at radius 3 is 2.50 bits per heavy atom. The second-order valence-corrected chi connectivity index (χ2v) is 4.88. The number of aryl methyl sites for hydroxylation is 2. The Hall–Kier alpha value is -1.42. The molecule has 2 aromatic rings. The molecule has 4 heteroatoms. The summed E-state index contributed by atoms with van der Waals surface area (Å²) in [5, 5.41) is 0. The average Bonchev–Trinajstić information content (AvgIpc) is 2.31. The minimum absolute atomic E-state index is 0.553. The molecule has 0 N–H and O–H groups in total. The topological polar surface area (TPSA) is 35.0 Å². The highest BCUT2D eigenvalue weighted by molar-refractivity contribution is 9.10. The highest BCUT2D eigenvalue weighted by Gasteiger charge is 2.02. The van der Waals surface area contributed by atoms with E-state index in [-0.39, 0.29) is 0 Å². The largest absolute Gasteiger partial charge is 0.439 e. The Balaban J connectivity index is 2.13. The summed E-state index contributed by atoms with van der Waals surface area (Å²) in [6.45, 7) is 4.01. The summed E-state index contributed by atoms with van der Waals surface area (Å²) in [6, 6.07) is 9.86. The summed E-state index contributed by atoms with van der Waals surface area (Å²) in [5.41, 5.74) is 1.32.